The topological polar surface area (TPSA) is 113 Å². The first-order chi connectivity index (χ1) is 16.8. The molecule has 3 atom stereocenters. The molecule has 1 aliphatic heterocycles. The summed E-state index contributed by atoms with van der Waals surface area (Å²) in [5, 5.41) is 18.2. The van der Waals surface area contributed by atoms with E-state index in [1.54, 1.807) is 22.1 Å². The maximum absolute atomic E-state index is 12.7. The first kappa shape index (κ1) is 23.0. The maximum atomic E-state index is 12.7. The molecule has 0 aromatic carbocycles. The molecular weight excluding hydrogens is 444 g/mol. The molecule has 4 aromatic heterocycles. The number of anilines is 1. The molecule has 35 heavy (non-hydrogen) atoms. The third-order valence-electron chi connectivity index (χ3n) is 7.02. The lowest BCUT2D eigenvalue weighted by Gasteiger charge is -2.47. The molecule has 0 unspecified atom stereocenters. The Kier molecular flexibility index (Phi) is 5.76. The third kappa shape index (κ3) is 3.93. The highest BCUT2D eigenvalue weighted by Crippen LogP contribution is 2.30. The van der Waals surface area contributed by atoms with Gasteiger partial charge in [0, 0.05) is 56.6 Å². The first-order valence-corrected chi connectivity index (χ1v) is 12.0. The molecule has 0 N–H and O–H groups in total. The number of nitriles is 1. The number of piperazine rings is 1. The number of hydrogen-bond acceptors (Lipinski definition) is 8. The minimum Gasteiger partial charge on any atom is -0.335 e. The van der Waals surface area contributed by atoms with Crippen molar-refractivity contribution in [1.29, 1.82) is 5.26 Å². The van der Waals surface area contributed by atoms with E-state index in [9.17, 15) is 4.79 Å². The van der Waals surface area contributed by atoms with E-state index in [0.717, 1.165) is 30.0 Å². The summed E-state index contributed by atoms with van der Waals surface area (Å²) in [5.41, 5.74) is 3.74. The summed E-state index contributed by atoms with van der Waals surface area (Å²) in [6, 6.07) is 8.40. The molecule has 4 aromatic rings. The van der Waals surface area contributed by atoms with Crippen molar-refractivity contribution in [3.8, 4) is 6.07 Å². The van der Waals surface area contributed by atoms with Crippen LogP contribution in [0.1, 0.15) is 50.3 Å². The molecule has 11 nitrogen and oxygen atoms in total. The molecule has 0 spiro atoms. The summed E-state index contributed by atoms with van der Waals surface area (Å²) < 4.78 is 4.98. The van der Waals surface area contributed by atoms with Gasteiger partial charge in [0.15, 0.2) is 5.65 Å². The van der Waals surface area contributed by atoms with E-state index in [2.05, 4.69) is 51.8 Å². The minimum atomic E-state index is -0.333. The molecule has 5 rings (SSSR count). The second-order valence-electron chi connectivity index (χ2n) is 9.37. The van der Waals surface area contributed by atoms with Gasteiger partial charge in [-0.2, -0.15) is 25.0 Å². The van der Waals surface area contributed by atoms with Crippen LogP contribution in [0.5, 0.6) is 0 Å². The fraction of sp³-hybridized carbons (Fsp3) is 0.500. The van der Waals surface area contributed by atoms with Crippen molar-refractivity contribution in [1.82, 2.24) is 38.7 Å². The molecule has 0 radical (unpaired) electrons. The van der Waals surface area contributed by atoms with E-state index < -0.39 is 0 Å². The van der Waals surface area contributed by atoms with Crippen molar-refractivity contribution in [2.75, 3.05) is 18.0 Å². The molecule has 5 heterocycles. The van der Waals surface area contributed by atoms with Gasteiger partial charge in [0.25, 0.3) is 0 Å². The lowest BCUT2D eigenvalue weighted by Crippen LogP contribution is -2.58. The van der Waals surface area contributed by atoms with Crippen LogP contribution in [0.3, 0.4) is 0 Å². The SMILES string of the molecule is CC[C@@H]1CN(c2nc(=O)n(C)c3cc(CC#N)nn23)[C@@H](C)CN1[C@H](C)c1ccn2nc(C)cc2n1. The first-order valence-electron chi connectivity index (χ1n) is 12.0. The molecule has 0 saturated carbocycles. The van der Waals surface area contributed by atoms with E-state index in [1.165, 1.54) is 4.57 Å². The van der Waals surface area contributed by atoms with Crippen molar-refractivity contribution < 1.29 is 0 Å². The minimum absolute atomic E-state index is 0.0904. The van der Waals surface area contributed by atoms with Crippen LogP contribution in [0.4, 0.5) is 5.95 Å². The van der Waals surface area contributed by atoms with Gasteiger partial charge in [0.1, 0.15) is 5.65 Å². The Labute approximate surface area is 203 Å². The van der Waals surface area contributed by atoms with Crippen molar-refractivity contribution in [2.45, 2.75) is 58.7 Å². The number of fused-ring (bicyclic) bond motifs is 2. The molecule has 182 valence electrons. The van der Waals surface area contributed by atoms with Crippen LogP contribution in [0.15, 0.2) is 29.2 Å². The predicted octanol–water partition coefficient (Wildman–Crippen LogP) is 1.90. The van der Waals surface area contributed by atoms with Crippen LogP contribution < -0.4 is 10.6 Å². The lowest BCUT2D eigenvalue weighted by molar-refractivity contribution is 0.103. The Morgan fingerprint density at radius 3 is 2.77 bits per heavy atom. The maximum Gasteiger partial charge on any atom is 0.352 e. The number of aryl methyl sites for hydroxylation is 2. The van der Waals surface area contributed by atoms with Crippen LogP contribution in [0.2, 0.25) is 0 Å². The molecule has 11 heteroatoms. The number of hydrogen-bond donors (Lipinski definition) is 0. The summed E-state index contributed by atoms with van der Waals surface area (Å²) in [4.78, 5) is 26.6. The van der Waals surface area contributed by atoms with Gasteiger partial charge >= 0.3 is 5.69 Å². The van der Waals surface area contributed by atoms with Crippen molar-refractivity contribution in [2.24, 2.45) is 7.05 Å². The zero-order valence-electron chi connectivity index (χ0n) is 20.8. The second-order valence-corrected chi connectivity index (χ2v) is 9.37. The van der Waals surface area contributed by atoms with Crippen LogP contribution in [-0.4, -0.2) is 63.8 Å². The number of rotatable bonds is 5. The molecule has 0 amide bonds. The Morgan fingerprint density at radius 2 is 2.03 bits per heavy atom. The highest BCUT2D eigenvalue weighted by atomic mass is 16.1. The van der Waals surface area contributed by atoms with Gasteiger partial charge in [-0.1, -0.05) is 6.92 Å². The van der Waals surface area contributed by atoms with Gasteiger partial charge in [-0.05, 0) is 33.3 Å². The van der Waals surface area contributed by atoms with Crippen LogP contribution in [0, 0.1) is 18.3 Å². The average Bonchev–Trinajstić information content (AvgIpc) is 3.43. The Hall–Kier alpha value is -3.78. The van der Waals surface area contributed by atoms with Crippen LogP contribution >= 0.6 is 0 Å². The van der Waals surface area contributed by atoms with Crippen LogP contribution in [0.25, 0.3) is 11.3 Å². The number of aromatic nitrogens is 7. The predicted molar refractivity (Wildman–Crippen MR) is 131 cm³/mol. The van der Waals surface area contributed by atoms with Crippen molar-refractivity contribution >= 4 is 17.2 Å². The van der Waals surface area contributed by atoms with E-state index in [-0.39, 0.29) is 30.2 Å². The Bertz CT molecular complexity index is 1490. The van der Waals surface area contributed by atoms with E-state index in [4.69, 9.17) is 10.2 Å². The van der Waals surface area contributed by atoms with Crippen molar-refractivity contribution in [3.05, 3.63) is 52.0 Å². The lowest BCUT2D eigenvalue weighted by atomic mass is 10.0. The quantitative estimate of drug-likeness (QED) is 0.431. The highest BCUT2D eigenvalue weighted by molar-refractivity contribution is 5.48. The molecule has 1 fully saturated rings. The second kappa shape index (κ2) is 8.78. The van der Waals surface area contributed by atoms with Crippen LogP contribution in [-0.2, 0) is 13.5 Å². The van der Waals surface area contributed by atoms with E-state index in [0.29, 0.717) is 23.8 Å². The van der Waals surface area contributed by atoms with Crippen molar-refractivity contribution in [3.63, 3.8) is 0 Å². The molecule has 0 bridgehead atoms. The third-order valence-corrected chi connectivity index (χ3v) is 7.02. The summed E-state index contributed by atoms with van der Waals surface area (Å²) in [6.07, 6.45) is 3.09. The molecule has 1 aliphatic rings. The van der Waals surface area contributed by atoms with Gasteiger partial charge < -0.3 is 4.90 Å². The fourth-order valence-corrected chi connectivity index (χ4v) is 5.06. The van der Waals surface area contributed by atoms with Gasteiger partial charge in [-0.3, -0.25) is 9.47 Å². The van der Waals surface area contributed by atoms with Gasteiger partial charge in [0.2, 0.25) is 5.95 Å². The normalized spacial score (nSPS) is 19.9. The smallest absolute Gasteiger partial charge is 0.335 e. The summed E-state index contributed by atoms with van der Waals surface area (Å²) in [7, 11) is 1.68. The Morgan fingerprint density at radius 1 is 1.23 bits per heavy atom. The molecule has 0 aliphatic carbocycles. The standard InChI is InChI=1S/C24H30N10O/c1-6-19-14-31(23-27-24(35)30(5)22-12-18(7-9-25)29-34(22)23)16(3)13-32(19)17(4)20-8-10-33-21(26-20)11-15(2)28-33/h8,10-12,16-17,19H,6-7,13-14H2,1-5H3/t16-,17+,19+/m0/s1. The fourth-order valence-electron chi connectivity index (χ4n) is 5.06. The average molecular weight is 475 g/mol. The summed E-state index contributed by atoms with van der Waals surface area (Å²) in [5.74, 6) is 0.528. The van der Waals surface area contributed by atoms with Gasteiger partial charge in [-0.15, -0.1) is 0 Å². The Balaban J connectivity index is 1.48. The number of nitrogens with zero attached hydrogens (tertiary/aromatic N) is 10. The van der Waals surface area contributed by atoms with E-state index >= 15 is 0 Å². The van der Waals surface area contributed by atoms with Gasteiger partial charge in [-0.25, -0.2) is 14.3 Å². The highest BCUT2D eigenvalue weighted by Gasteiger charge is 2.36. The van der Waals surface area contributed by atoms with E-state index in [1.807, 2.05) is 25.3 Å². The zero-order valence-corrected chi connectivity index (χ0v) is 20.8. The zero-order chi connectivity index (χ0) is 24.9. The summed E-state index contributed by atoms with van der Waals surface area (Å²) in [6.45, 7) is 9.99. The summed E-state index contributed by atoms with van der Waals surface area (Å²) >= 11 is 0. The monoisotopic (exact) mass is 474 g/mol. The largest absolute Gasteiger partial charge is 0.352 e. The molecular formula is C24H30N10O. The molecule has 1 saturated heterocycles. The van der Waals surface area contributed by atoms with Gasteiger partial charge in [0.05, 0.1) is 29.6 Å².